The van der Waals surface area contributed by atoms with Crippen LogP contribution in [-0.2, 0) is 4.79 Å². The van der Waals surface area contributed by atoms with E-state index >= 15 is 0 Å². The van der Waals surface area contributed by atoms with Gasteiger partial charge in [-0.3, -0.25) is 14.2 Å². The van der Waals surface area contributed by atoms with Crippen LogP contribution in [0.4, 0.5) is 0 Å². The lowest BCUT2D eigenvalue weighted by Gasteiger charge is -2.29. The number of carbonyl (C=O) groups is 1. The normalized spacial score (nSPS) is 14.5. The minimum atomic E-state index is -0.327. The summed E-state index contributed by atoms with van der Waals surface area (Å²) >= 11 is 0. The van der Waals surface area contributed by atoms with Crippen molar-refractivity contribution < 1.29 is 9.53 Å². The van der Waals surface area contributed by atoms with Crippen molar-refractivity contribution in [2.45, 2.75) is 39.7 Å². The fourth-order valence-electron chi connectivity index (χ4n) is 3.86. The first kappa shape index (κ1) is 20.1. The SMILES string of the molecule is CCOc1ccc(-n2c(C(C)N(CC)C(=O)C3CC3)nc3ccccc3c2=O)cc1. The van der Waals surface area contributed by atoms with Crippen molar-refractivity contribution in [1.29, 1.82) is 0 Å². The van der Waals surface area contributed by atoms with Crippen molar-refractivity contribution in [2.24, 2.45) is 5.92 Å². The molecule has 1 unspecified atom stereocenters. The van der Waals surface area contributed by atoms with E-state index in [1.807, 2.05) is 68.1 Å². The Morgan fingerprint density at radius 1 is 1.17 bits per heavy atom. The molecule has 1 aliphatic rings. The van der Waals surface area contributed by atoms with E-state index in [2.05, 4.69) is 0 Å². The zero-order chi connectivity index (χ0) is 21.3. The summed E-state index contributed by atoms with van der Waals surface area (Å²) in [4.78, 5) is 33.0. The largest absolute Gasteiger partial charge is 0.494 e. The Balaban J connectivity index is 1.87. The highest BCUT2D eigenvalue weighted by molar-refractivity contribution is 5.82. The molecule has 1 aromatic heterocycles. The van der Waals surface area contributed by atoms with Crippen molar-refractivity contribution in [3.05, 3.63) is 64.7 Å². The van der Waals surface area contributed by atoms with E-state index < -0.39 is 0 Å². The molecular formula is C24H27N3O3. The molecule has 0 spiro atoms. The van der Waals surface area contributed by atoms with Crippen molar-refractivity contribution in [1.82, 2.24) is 14.5 Å². The number of hydrogen-bond donors (Lipinski definition) is 0. The lowest BCUT2D eigenvalue weighted by molar-refractivity contribution is -0.134. The van der Waals surface area contributed by atoms with E-state index in [1.54, 1.807) is 10.6 Å². The zero-order valence-electron chi connectivity index (χ0n) is 17.7. The number of carbonyl (C=O) groups excluding carboxylic acids is 1. The van der Waals surface area contributed by atoms with Crippen LogP contribution in [0.5, 0.6) is 5.75 Å². The van der Waals surface area contributed by atoms with Gasteiger partial charge in [0.05, 0.1) is 29.2 Å². The Labute approximate surface area is 176 Å². The quantitative estimate of drug-likeness (QED) is 0.594. The van der Waals surface area contributed by atoms with Gasteiger partial charge in [-0.15, -0.1) is 0 Å². The number of benzene rings is 2. The van der Waals surface area contributed by atoms with Crippen molar-refractivity contribution in [3.63, 3.8) is 0 Å². The number of fused-ring (bicyclic) bond motifs is 1. The lowest BCUT2D eigenvalue weighted by Crippen LogP contribution is -2.38. The Hall–Kier alpha value is -3.15. The van der Waals surface area contributed by atoms with Crippen LogP contribution in [0.3, 0.4) is 0 Å². The number of aromatic nitrogens is 2. The Kier molecular flexibility index (Phi) is 5.57. The summed E-state index contributed by atoms with van der Waals surface area (Å²) in [7, 11) is 0. The van der Waals surface area contributed by atoms with Gasteiger partial charge in [0.2, 0.25) is 5.91 Å². The van der Waals surface area contributed by atoms with Crippen LogP contribution in [0.15, 0.2) is 53.3 Å². The van der Waals surface area contributed by atoms with Gasteiger partial charge in [-0.05, 0) is 70.0 Å². The standard InChI is InChI=1S/C24H27N3O3/c1-4-26(23(28)17-10-11-17)16(3)22-25-21-9-7-6-8-20(21)24(29)27(22)18-12-14-19(15-13-18)30-5-2/h6-9,12-17H,4-5,10-11H2,1-3H3. The first-order valence-corrected chi connectivity index (χ1v) is 10.6. The van der Waals surface area contributed by atoms with Crippen LogP contribution in [0.1, 0.15) is 45.5 Å². The highest BCUT2D eigenvalue weighted by Gasteiger charge is 2.36. The van der Waals surface area contributed by atoms with Crippen LogP contribution in [0.25, 0.3) is 16.6 Å². The summed E-state index contributed by atoms with van der Waals surface area (Å²) in [6.45, 7) is 7.00. The van der Waals surface area contributed by atoms with Gasteiger partial charge < -0.3 is 9.64 Å². The van der Waals surface area contributed by atoms with Crippen LogP contribution in [-0.4, -0.2) is 33.5 Å². The molecule has 6 nitrogen and oxygen atoms in total. The van der Waals surface area contributed by atoms with Gasteiger partial charge in [0, 0.05) is 12.5 Å². The minimum Gasteiger partial charge on any atom is -0.494 e. The molecule has 0 radical (unpaired) electrons. The third-order valence-electron chi connectivity index (χ3n) is 5.60. The molecule has 1 amide bonds. The van der Waals surface area contributed by atoms with Gasteiger partial charge in [0.15, 0.2) is 0 Å². The zero-order valence-corrected chi connectivity index (χ0v) is 17.7. The van der Waals surface area contributed by atoms with E-state index in [1.165, 1.54) is 0 Å². The molecule has 2 aromatic carbocycles. The molecule has 1 saturated carbocycles. The first-order valence-electron chi connectivity index (χ1n) is 10.6. The molecule has 1 fully saturated rings. The molecule has 156 valence electrons. The van der Waals surface area contributed by atoms with Crippen molar-refractivity contribution >= 4 is 16.8 Å². The highest BCUT2D eigenvalue weighted by Crippen LogP contribution is 2.34. The number of hydrogen-bond acceptors (Lipinski definition) is 4. The van der Waals surface area contributed by atoms with Gasteiger partial charge in [0.25, 0.3) is 5.56 Å². The van der Waals surface area contributed by atoms with Crippen molar-refractivity contribution in [2.75, 3.05) is 13.2 Å². The predicted octanol–water partition coefficient (Wildman–Crippen LogP) is 4.10. The van der Waals surface area contributed by atoms with E-state index in [-0.39, 0.29) is 23.4 Å². The Morgan fingerprint density at radius 3 is 2.50 bits per heavy atom. The van der Waals surface area contributed by atoms with E-state index in [4.69, 9.17) is 9.72 Å². The van der Waals surface area contributed by atoms with Crippen LogP contribution >= 0.6 is 0 Å². The maximum Gasteiger partial charge on any atom is 0.266 e. The molecule has 1 aliphatic carbocycles. The fraction of sp³-hybridized carbons (Fsp3) is 0.375. The van der Waals surface area contributed by atoms with Crippen LogP contribution in [0.2, 0.25) is 0 Å². The molecule has 0 saturated heterocycles. The average molecular weight is 405 g/mol. The van der Waals surface area contributed by atoms with Gasteiger partial charge in [-0.1, -0.05) is 12.1 Å². The molecule has 3 aromatic rings. The molecular weight excluding hydrogens is 378 g/mol. The number of para-hydroxylation sites is 1. The molecule has 6 heteroatoms. The maximum absolute atomic E-state index is 13.5. The summed E-state index contributed by atoms with van der Waals surface area (Å²) in [6, 6.07) is 14.4. The monoisotopic (exact) mass is 405 g/mol. The van der Waals surface area contributed by atoms with Gasteiger partial charge in [-0.2, -0.15) is 0 Å². The van der Waals surface area contributed by atoms with Gasteiger partial charge in [-0.25, -0.2) is 4.98 Å². The summed E-state index contributed by atoms with van der Waals surface area (Å²) in [5.74, 6) is 1.57. The molecule has 0 bridgehead atoms. The van der Waals surface area contributed by atoms with Crippen LogP contribution in [0, 0.1) is 5.92 Å². The topological polar surface area (TPSA) is 64.4 Å². The van der Waals surface area contributed by atoms with E-state index in [0.29, 0.717) is 35.6 Å². The van der Waals surface area contributed by atoms with E-state index in [0.717, 1.165) is 18.6 Å². The Morgan fingerprint density at radius 2 is 1.87 bits per heavy atom. The summed E-state index contributed by atoms with van der Waals surface area (Å²) < 4.78 is 7.17. The molecule has 4 rings (SSSR count). The number of nitrogens with zero attached hydrogens (tertiary/aromatic N) is 3. The summed E-state index contributed by atoms with van der Waals surface area (Å²) in [6.07, 6.45) is 1.89. The lowest BCUT2D eigenvalue weighted by atomic mass is 10.1. The molecule has 1 heterocycles. The van der Waals surface area contributed by atoms with Gasteiger partial charge >= 0.3 is 0 Å². The first-order chi connectivity index (χ1) is 14.5. The fourth-order valence-corrected chi connectivity index (χ4v) is 3.86. The molecule has 30 heavy (non-hydrogen) atoms. The summed E-state index contributed by atoms with van der Waals surface area (Å²) in [5, 5.41) is 0.555. The predicted molar refractivity (Wildman–Crippen MR) is 117 cm³/mol. The van der Waals surface area contributed by atoms with Crippen LogP contribution < -0.4 is 10.3 Å². The minimum absolute atomic E-state index is 0.110. The average Bonchev–Trinajstić information content (AvgIpc) is 3.60. The van der Waals surface area contributed by atoms with E-state index in [9.17, 15) is 9.59 Å². The summed E-state index contributed by atoms with van der Waals surface area (Å²) in [5.41, 5.74) is 1.21. The molecule has 0 aliphatic heterocycles. The maximum atomic E-state index is 13.5. The molecule has 1 atom stereocenters. The third-order valence-corrected chi connectivity index (χ3v) is 5.60. The number of rotatable bonds is 7. The Bertz CT molecular complexity index is 1120. The highest BCUT2D eigenvalue weighted by atomic mass is 16.5. The second-order valence-electron chi connectivity index (χ2n) is 7.63. The van der Waals surface area contributed by atoms with Crippen molar-refractivity contribution in [3.8, 4) is 11.4 Å². The second-order valence-corrected chi connectivity index (χ2v) is 7.63. The smallest absolute Gasteiger partial charge is 0.266 e. The number of ether oxygens (including phenoxy) is 1. The third kappa shape index (κ3) is 3.70. The van der Waals surface area contributed by atoms with Gasteiger partial charge in [0.1, 0.15) is 11.6 Å². The molecule has 0 N–H and O–H groups in total. The number of amides is 1. The second kappa shape index (κ2) is 8.30.